The maximum Gasteiger partial charge on any atom is 0.434 e. The second kappa shape index (κ2) is 15.4. The number of ether oxygens (including phenoxy) is 4. The Labute approximate surface area is 266 Å². The quantitative estimate of drug-likeness (QED) is 0.111. The maximum absolute atomic E-state index is 14.1. The molecule has 1 atom stereocenters. The lowest BCUT2D eigenvalue weighted by Gasteiger charge is -2.22. The third-order valence-electron chi connectivity index (χ3n) is 7.75. The monoisotopic (exact) mass is 637 g/mol. The Hall–Kier alpha value is -4.22. The molecule has 244 valence electrons. The lowest BCUT2D eigenvalue weighted by Crippen LogP contribution is -2.23. The molecular formula is C35H38F3N3O5. The summed E-state index contributed by atoms with van der Waals surface area (Å²) in [7, 11) is 0. The summed E-state index contributed by atoms with van der Waals surface area (Å²) in [6.45, 7) is 5.43. The smallest absolute Gasteiger partial charge is 0.434 e. The molecule has 1 fully saturated rings. The van der Waals surface area contributed by atoms with Gasteiger partial charge in [-0.05, 0) is 86.9 Å². The Kier molecular flexibility index (Phi) is 11.1. The minimum atomic E-state index is -4.86. The standard InChI is InChI=1S/C35H38F3N3O5/c1-3-43-34(42)29-23-39-41(33(29)35(36,37)38)31-13-8-12-30(40-31)28-11-5-4-10-26(28)16-15-25-17-18-27(22-24(25)2)44-20-9-21-46-32-14-6-7-19-45-32/h4-5,8,10-13,17-18,22-23,32H,3,6-7,9,14-16,19-21H2,1-2H3. The molecular weight excluding hydrogens is 599 g/mol. The van der Waals surface area contributed by atoms with Gasteiger partial charge in [-0.3, -0.25) is 0 Å². The van der Waals surface area contributed by atoms with Crippen molar-refractivity contribution in [2.75, 3.05) is 26.4 Å². The van der Waals surface area contributed by atoms with Crippen molar-refractivity contribution in [1.82, 2.24) is 14.8 Å². The van der Waals surface area contributed by atoms with Crippen molar-refractivity contribution in [3.05, 3.63) is 94.8 Å². The van der Waals surface area contributed by atoms with Crippen molar-refractivity contribution in [1.29, 1.82) is 0 Å². The Morgan fingerprint density at radius 2 is 1.85 bits per heavy atom. The number of aromatic nitrogens is 3. The van der Waals surface area contributed by atoms with E-state index in [1.165, 1.54) is 18.6 Å². The van der Waals surface area contributed by atoms with E-state index in [0.29, 0.717) is 30.0 Å². The summed E-state index contributed by atoms with van der Waals surface area (Å²) >= 11 is 0. The molecule has 8 nitrogen and oxygen atoms in total. The second-order valence-electron chi connectivity index (χ2n) is 11.0. The van der Waals surface area contributed by atoms with Crippen molar-refractivity contribution in [3.8, 4) is 22.8 Å². The van der Waals surface area contributed by atoms with Crippen LogP contribution in [0.3, 0.4) is 0 Å². The van der Waals surface area contributed by atoms with Crippen molar-refractivity contribution in [3.63, 3.8) is 0 Å². The van der Waals surface area contributed by atoms with Gasteiger partial charge in [-0.1, -0.05) is 36.4 Å². The first-order valence-corrected chi connectivity index (χ1v) is 15.6. The van der Waals surface area contributed by atoms with Gasteiger partial charge in [-0.15, -0.1) is 0 Å². The van der Waals surface area contributed by atoms with Gasteiger partial charge >= 0.3 is 12.1 Å². The second-order valence-corrected chi connectivity index (χ2v) is 11.0. The zero-order valence-electron chi connectivity index (χ0n) is 26.0. The number of benzene rings is 2. The Morgan fingerprint density at radius 1 is 1.02 bits per heavy atom. The summed E-state index contributed by atoms with van der Waals surface area (Å²) in [5.41, 5.74) is 2.68. The molecule has 3 heterocycles. The third-order valence-corrected chi connectivity index (χ3v) is 7.75. The molecule has 2 aromatic heterocycles. The average molecular weight is 638 g/mol. The van der Waals surface area contributed by atoms with Crippen molar-refractivity contribution in [2.24, 2.45) is 0 Å². The first kappa shape index (κ1) is 33.2. The van der Waals surface area contributed by atoms with E-state index in [1.54, 1.807) is 12.1 Å². The van der Waals surface area contributed by atoms with Gasteiger partial charge < -0.3 is 18.9 Å². The molecule has 0 aliphatic carbocycles. The largest absolute Gasteiger partial charge is 0.493 e. The number of rotatable bonds is 13. The number of halogens is 3. The summed E-state index contributed by atoms with van der Waals surface area (Å²) in [5, 5.41) is 3.87. The molecule has 5 rings (SSSR count). The van der Waals surface area contributed by atoms with Gasteiger partial charge in [0.05, 0.1) is 31.7 Å². The molecule has 0 N–H and O–H groups in total. The topological polar surface area (TPSA) is 84.7 Å². The number of esters is 1. The van der Waals surface area contributed by atoms with E-state index >= 15 is 0 Å². The Balaban J connectivity index is 1.25. The fourth-order valence-electron chi connectivity index (χ4n) is 5.45. The predicted octanol–water partition coefficient (Wildman–Crippen LogP) is 7.54. The highest BCUT2D eigenvalue weighted by molar-refractivity contribution is 5.90. The molecule has 0 saturated carbocycles. The summed E-state index contributed by atoms with van der Waals surface area (Å²) in [4.78, 5) is 16.8. The van der Waals surface area contributed by atoms with Gasteiger partial charge in [0.15, 0.2) is 17.8 Å². The van der Waals surface area contributed by atoms with Gasteiger partial charge in [0.2, 0.25) is 0 Å². The fourth-order valence-corrected chi connectivity index (χ4v) is 5.45. The molecule has 1 aliphatic rings. The molecule has 46 heavy (non-hydrogen) atoms. The number of carbonyl (C=O) groups is 1. The zero-order chi connectivity index (χ0) is 32.5. The first-order valence-electron chi connectivity index (χ1n) is 15.6. The zero-order valence-corrected chi connectivity index (χ0v) is 26.0. The van der Waals surface area contributed by atoms with Crippen LogP contribution >= 0.6 is 0 Å². The minimum absolute atomic E-state index is 0.0596. The molecule has 2 aromatic carbocycles. The summed E-state index contributed by atoms with van der Waals surface area (Å²) < 4.78 is 65.0. The van der Waals surface area contributed by atoms with Gasteiger partial charge in [0.25, 0.3) is 0 Å². The van der Waals surface area contributed by atoms with Gasteiger partial charge in [0, 0.05) is 18.6 Å². The van der Waals surface area contributed by atoms with E-state index in [9.17, 15) is 18.0 Å². The van der Waals surface area contributed by atoms with Crippen LogP contribution in [0.5, 0.6) is 5.75 Å². The van der Waals surface area contributed by atoms with Crippen LogP contribution in [0, 0.1) is 6.92 Å². The van der Waals surface area contributed by atoms with Crippen LogP contribution in [0.2, 0.25) is 0 Å². The van der Waals surface area contributed by atoms with E-state index in [-0.39, 0.29) is 18.7 Å². The number of pyridine rings is 1. The highest BCUT2D eigenvalue weighted by atomic mass is 19.4. The molecule has 11 heteroatoms. The van der Waals surface area contributed by atoms with Crippen LogP contribution in [-0.2, 0) is 33.2 Å². The average Bonchev–Trinajstić information content (AvgIpc) is 3.52. The molecule has 0 radical (unpaired) electrons. The number of carbonyl (C=O) groups excluding carboxylic acids is 1. The third kappa shape index (κ3) is 8.32. The fraction of sp³-hybridized carbons (Fsp3) is 0.400. The molecule has 0 spiro atoms. The summed E-state index contributed by atoms with van der Waals surface area (Å²) in [6.07, 6.45) is 1.31. The van der Waals surface area contributed by atoms with Crippen LogP contribution in [0.15, 0.2) is 66.9 Å². The van der Waals surface area contributed by atoms with Crippen molar-refractivity contribution >= 4 is 5.97 Å². The van der Waals surface area contributed by atoms with E-state index in [4.69, 9.17) is 18.9 Å². The summed E-state index contributed by atoms with van der Waals surface area (Å²) in [6, 6.07) is 18.5. The molecule has 0 amide bonds. The van der Waals surface area contributed by atoms with E-state index in [0.717, 1.165) is 67.3 Å². The normalized spacial score (nSPS) is 15.1. The molecule has 4 aromatic rings. The number of hydrogen-bond acceptors (Lipinski definition) is 7. The van der Waals surface area contributed by atoms with Gasteiger partial charge in [0.1, 0.15) is 11.3 Å². The molecule has 1 aliphatic heterocycles. The lowest BCUT2D eigenvalue weighted by molar-refractivity contribution is -0.163. The summed E-state index contributed by atoms with van der Waals surface area (Å²) in [5.74, 6) is -0.345. The van der Waals surface area contributed by atoms with Crippen LogP contribution in [0.4, 0.5) is 13.2 Å². The van der Waals surface area contributed by atoms with Gasteiger partial charge in [-0.2, -0.15) is 18.3 Å². The van der Waals surface area contributed by atoms with Crippen molar-refractivity contribution < 1.29 is 36.9 Å². The highest BCUT2D eigenvalue weighted by Crippen LogP contribution is 2.34. The van der Waals surface area contributed by atoms with Crippen LogP contribution in [0.25, 0.3) is 17.1 Å². The number of nitrogens with zero attached hydrogens (tertiary/aromatic N) is 3. The van der Waals surface area contributed by atoms with E-state index in [1.807, 2.05) is 36.4 Å². The number of alkyl halides is 3. The van der Waals surface area contributed by atoms with E-state index in [2.05, 4.69) is 23.1 Å². The Morgan fingerprint density at radius 3 is 2.61 bits per heavy atom. The highest BCUT2D eigenvalue weighted by Gasteiger charge is 2.41. The molecule has 1 unspecified atom stereocenters. The van der Waals surface area contributed by atoms with Crippen LogP contribution in [0.1, 0.15) is 65.3 Å². The Bertz CT molecular complexity index is 1620. The number of hydrogen-bond donors (Lipinski definition) is 0. The van der Waals surface area contributed by atoms with Crippen LogP contribution < -0.4 is 4.74 Å². The molecule has 1 saturated heterocycles. The predicted molar refractivity (Wildman–Crippen MR) is 166 cm³/mol. The van der Waals surface area contributed by atoms with E-state index < -0.39 is 23.4 Å². The molecule has 0 bridgehead atoms. The lowest BCUT2D eigenvalue weighted by atomic mass is 9.96. The van der Waals surface area contributed by atoms with Gasteiger partial charge in [-0.25, -0.2) is 14.5 Å². The first-order chi connectivity index (χ1) is 22.2. The van der Waals surface area contributed by atoms with Crippen molar-refractivity contribution in [2.45, 2.75) is 64.8 Å². The SMILES string of the molecule is CCOC(=O)c1cnn(-c2cccc(-c3ccccc3CCc3ccc(OCCCOC4CCCCO4)cc3C)n2)c1C(F)(F)F. The number of aryl methyl sites for hydroxylation is 3. The van der Waals surface area contributed by atoms with Crippen LogP contribution in [-0.4, -0.2) is 53.5 Å². The maximum atomic E-state index is 14.1. The minimum Gasteiger partial charge on any atom is -0.493 e.